The molecule has 0 aliphatic carbocycles. The van der Waals surface area contributed by atoms with Crippen LogP contribution in [-0.2, 0) is 9.41 Å². The van der Waals surface area contributed by atoms with Gasteiger partial charge in [-0.05, 0) is 5.46 Å². The van der Waals surface area contributed by atoms with E-state index in [-0.39, 0.29) is 5.69 Å². The molecule has 0 spiro atoms. The van der Waals surface area contributed by atoms with Crippen molar-refractivity contribution in [2.75, 3.05) is 6.61 Å². The number of nitro groups is 1. The molecule has 2 aromatic rings. The lowest BCUT2D eigenvalue weighted by molar-refractivity contribution is -0.384. The average Bonchev–Trinajstić information content (AvgIpc) is 2.56. The number of hydrogen-bond acceptors (Lipinski definition) is 5. The van der Waals surface area contributed by atoms with Gasteiger partial charge in [-0.3, -0.25) is 10.1 Å². The number of non-ortho nitro benzene ring substituents is 1. The summed E-state index contributed by atoms with van der Waals surface area (Å²) in [4.78, 5) is 10.2. The normalized spacial score (nSPS) is 14.3. The summed E-state index contributed by atoms with van der Waals surface area (Å²) in [6, 6.07) is 15.7. The van der Waals surface area contributed by atoms with Crippen LogP contribution < -0.4 is 5.46 Å². The summed E-state index contributed by atoms with van der Waals surface area (Å²) in [5.41, 5.74) is 2.38. The molecule has 0 radical (unpaired) electrons. The first kappa shape index (κ1) is 13.3. The van der Waals surface area contributed by atoms with Gasteiger partial charge in [-0.25, -0.2) is 0 Å². The third-order valence-corrected chi connectivity index (χ3v) is 3.11. The molecule has 0 bridgehead atoms. The summed E-state index contributed by atoms with van der Waals surface area (Å²) >= 11 is 0. The summed E-state index contributed by atoms with van der Waals surface area (Å²) < 4.78 is 10.9. The molecular weight excluding hydrogens is 271 g/mol. The van der Waals surface area contributed by atoms with Crippen LogP contribution in [0.1, 0.15) is 5.56 Å². The standard InChI is InChI=1S/C14H11BN2O4/c18-17(19)13-8-6-12(7-9-13)15-20-10-14(16-21-15)11-4-2-1-3-5-11/h1-9H,10H2. The van der Waals surface area contributed by atoms with Crippen LogP contribution in [0, 0.1) is 10.1 Å². The van der Waals surface area contributed by atoms with E-state index < -0.39 is 12.0 Å². The Balaban J connectivity index is 1.73. The van der Waals surface area contributed by atoms with Crippen LogP contribution in [-0.4, -0.2) is 24.4 Å². The third-order valence-electron chi connectivity index (χ3n) is 3.11. The molecule has 6 nitrogen and oxygen atoms in total. The van der Waals surface area contributed by atoms with Crippen LogP contribution in [0.4, 0.5) is 5.69 Å². The maximum atomic E-state index is 10.6. The van der Waals surface area contributed by atoms with Crippen LogP contribution in [0.25, 0.3) is 0 Å². The van der Waals surface area contributed by atoms with Gasteiger partial charge in [-0.1, -0.05) is 42.5 Å². The Kier molecular flexibility index (Phi) is 3.66. The van der Waals surface area contributed by atoms with Crippen molar-refractivity contribution in [1.82, 2.24) is 0 Å². The van der Waals surface area contributed by atoms with E-state index in [4.69, 9.17) is 9.41 Å². The Morgan fingerprint density at radius 2 is 1.81 bits per heavy atom. The van der Waals surface area contributed by atoms with Gasteiger partial charge in [0.2, 0.25) is 0 Å². The summed E-state index contributed by atoms with van der Waals surface area (Å²) in [7, 11) is -0.640. The lowest BCUT2D eigenvalue weighted by atomic mass is 9.79. The molecule has 0 saturated carbocycles. The number of nitro benzene ring substituents is 1. The third kappa shape index (κ3) is 2.92. The van der Waals surface area contributed by atoms with Gasteiger partial charge in [-0.15, -0.1) is 5.16 Å². The number of oxime groups is 1. The second-order valence-corrected chi connectivity index (χ2v) is 4.50. The Morgan fingerprint density at radius 1 is 1.10 bits per heavy atom. The minimum atomic E-state index is -0.640. The first-order valence-corrected chi connectivity index (χ1v) is 6.38. The number of benzene rings is 2. The largest absolute Gasteiger partial charge is 0.585 e. The molecule has 1 heterocycles. The monoisotopic (exact) mass is 282 g/mol. The molecule has 1 aliphatic rings. The van der Waals surface area contributed by atoms with Crippen LogP contribution in [0.15, 0.2) is 59.8 Å². The summed E-state index contributed by atoms with van der Waals surface area (Å²) in [5.74, 6) is 0. The molecule has 0 amide bonds. The number of hydrogen-bond donors (Lipinski definition) is 0. The van der Waals surface area contributed by atoms with E-state index in [0.717, 1.165) is 5.56 Å². The molecule has 0 N–H and O–H groups in total. The number of nitrogens with zero attached hydrogens (tertiary/aromatic N) is 2. The highest BCUT2D eigenvalue weighted by atomic mass is 16.7. The van der Waals surface area contributed by atoms with E-state index in [9.17, 15) is 10.1 Å². The maximum Gasteiger partial charge on any atom is 0.585 e. The lowest BCUT2D eigenvalue weighted by Gasteiger charge is -2.18. The number of rotatable bonds is 3. The Bertz CT molecular complexity index is 673. The second-order valence-electron chi connectivity index (χ2n) is 4.50. The fourth-order valence-corrected chi connectivity index (χ4v) is 2.00. The Labute approximate surface area is 121 Å². The second kappa shape index (κ2) is 5.76. The fraction of sp³-hybridized carbons (Fsp3) is 0.0714. The molecule has 2 aromatic carbocycles. The SMILES string of the molecule is O=[N+]([O-])c1ccc(B2OCC(c3ccccc3)=NO2)cc1. The predicted molar refractivity (Wildman–Crippen MR) is 78.5 cm³/mol. The molecule has 0 saturated heterocycles. The molecule has 21 heavy (non-hydrogen) atoms. The van der Waals surface area contributed by atoms with Crippen molar-refractivity contribution in [3.8, 4) is 0 Å². The van der Waals surface area contributed by atoms with Gasteiger partial charge in [0.05, 0.1) is 11.5 Å². The lowest BCUT2D eigenvalue weighted by Crippen LogP contribution is -2.40. The maximum absolute atomic E-state index is 10.6. The molecule has 0 unspecified atom stereocenters. The Hall–Kier alpha value is -2.67. The van der Waals surface area contributed by atoms with E-state index in [2.05, 4.69) is 5.16 Å². The van der Waals surface area contributed by atoms with E-state index >= 15 is 0 Å². The molecular formula is C14H11BN2O4. The zero-order valence-corrected chi connectivity index (χ0v) is 11.0. The van der Waals surface area contributed by atoms with E-state index in [0.29, 0.717) is 17.8 Å². The van der Waals surface area contributed by atoms with Gasteiger partial charge in [0, 0.05) is 17.7 Å². The first-order chi connectivity index (χ1) is 10.2. The van der Waals surface area contributed by atoms with Gasteiger partial charge in [0.25, 0.3) is 5.69 Å². The van der Waals surface area contributed by atoms with Gasteiger partial charge in [0.15, 0.2) is 0 Å². The highest BCUT2D eigenvalue weighted by Gasteiger charge is 2.29. The zero-order chi connectivity index (χ0) is 14.7. The zero-order valence-electron chi connectivity index (χ0n) is 11.0. The van der Waals surface area contributed by atoms with Gasteiger partial charge in [-0.2, -0.15) is 0 Å². The molecule has 104 valence electrons. The van der Waals surface area contributed by atoms with Crippen molar-refractivity contribution in [2.24, 2.45) is 5.16 Å². The molecule has 7 heteroatoms. The molecule has 1 aliphatic heterocycles. The fourth-order valence-electron chi connectivity index (χ4n) is 2.00. The minimum Gasteiger partial charge on any atom is -0.426 e. The topological polar surface area (TPSA) is 74.0 Å². The van der Waals surface area contributed by atoms with Crippen molar-refractivity contribution in [2.45, 2.75) is 0 Å². The molecule has 3 rings (SSSR count). The first-order valence-electron chi connectivity index (χ1n) is 6.38. The molecule has 0 atom stereocenters. The van der Waals surface area contributed by atoms with Gasteiger partial charge in [0.1, 0.15) is 5.71 Å². The van der Waals surface area contributed by atoms with Gasteiger partial charge < -0.3 is 9.41 Å². The van der Waals surface area contributed by atoms with Crippen molar-refractivity contribution in [3.63, 3.8) is 0 Å². The van der Waals surface area contributed by atoms with Crippen LogP contribution >= 0.6 is 0 Å². The highest BCUT2D eigenvalue weighted by molar-refractivity contribution is 6.61. The van der Waals surface area contributed by atoms with Crippen molar-refractivity contribution in [1.29, 1.82) is 0 Å². The van der Waals surface area contributed by atoms with Crippen LogP contribution in [0.3, 0.4) is 0 Å². The molecule has 0 aromatic heterocycles. The van der Waals surface area contributed by atoms with E-state index in [1.807, 2.05) is 30.3 Å². The van der Waals surface area contributed by atoms with Crippen LogP contribution in [0.2, 0.25) is 0 Å². The van der Waals surface area contributed by atoms with E-state index in [1.54, 1.807) is 12.1 Å². The van der Waals surface area contributed by atoms with E-state index in [1.165, 1.54) is 12.1 Å². The summed E-state index contributed by atoms with van der Waals surface area (Å²) in [5, 5.41) is 14.7. The minimum absolute atomic E-state index is 0.0306. The smallest absolute Gasteiger partial charge is 0.426 e. The highest BCUT2D eigenvalue weighted by Crippen LogP contribution is 2.11. The Morgan fingerprint density at radius 3 is 2.38 bits per heavy atom. The van der Waals surface area contributed by atoms with Gasteiger partial charge >= 0.3 is 7.12 Å². The summed E-state index contributed by atoms with van der Waals surface area (Å²) in [6.45, 7) is 0.325. The molecule has 0 fully saturated rings. The van der Waals surface area contributed by atoms with Crippen molar-refractivity contribution >= 4 is 24.0 Å². The average molecular weight is 282 g/mol. The van der Waals surface area contributed by atoms with Crippen LogP contribution in [0.5, 0.6) is 0 Å². The quantitative estimate of drug-likeness (QED) is 0.488. The predicted octanol–water partition coefficient (Wildman–Crippen LogP) is 1.74. The van der Waals surface area contributed by atoms with Crippen molar-refractivity contribution < 1.29 is 14.3 Å². The van der Waals surface area contributed by atoms with Crippen molar-refractivity contribution in [3.05, 3.63) is 70.3 Å². The summed E-state index contributed by atoms with van der Waals surface area (Å²) in [6.07, 6.45) is 0.